The van der Waals surface area contributed by atoms with E-state index in [1.807, 2.05) is 12.1 Å². The molecule has 4 atom stereocenters. The fourth-order valence-electron chi connectivity index (χ4n) is 5.16. The quantitative estimate of drug-likeness (QED) is 0.377. The van der Waals surface area contributed by atoms with Gasteiger partial charge in [-0.2, -0.15) is 0 Å². The minimum Gasteiger partial charge on any atom is -0.203 e. The van der Waals surface area contributed by atoms with Gasteiger partial charge in [0.15, 0.2) is 11.6 Å². The maximum Gasteiger partial charge on any atom is 0.174 e. The summed E-state index contributed by atoms with van der Waals surface area (Å²) < 4.78 is 27.7. The summed E-state index contributed by atoms with van der Waals surface area (Å²) in [5, 5.41) is 0. The zero-order valence-electron chi connectivity index (χ0n) is 17.1. The van der Waals surface area contributed by atoms with Gasteiger partial charge < -0.3 is 0 Å². The molecule has 4 unspecified atom stereocenters. The third-order valence-corrected chi connectivity index (χ3v) is 6.99. The summed E-state index contributed by atoms with van der Waals surface area (Å²) in [7, 11) is 0. The molecule has 0 heterocycles. The van der Waals surface area contributed by atoms with Crippen molar-refractivity contribution >= 4 is 0 Å². The van der Waals surface area contributed by atoms with Gasteiger partial charge in [0.2, 0.25) is 0 Å². The Morgan fingerprint density at radius 2 is 1.59 bits per heavy atom. The van der Waals surface area contributed by atoms with E-state index >= 15 is 0 Å². The maximum atomic E-state index is 14.0. The number of hydrogen-bond acceptors (Lipinski definition) is 0. The fourth-order valence-corrected chi connectivity index (χ4v) is 5.16. The van der Waals surface area contributed by atoms with Crippen LogP contribution >= 0.6 is 0 Å². The van der Waals surface area contributed by atoms with E-state index in [1.54, 1.807) is 13.0 Å². The van der Waals surface area contributed by atoms with Gasteiger partial charge in [0, 0.05) is 5.56 Å². The van der Waals surface area contributed by atoms with Crippen LogP contribution < -0.4 is 0 Å². The van der Waals surface area contributed by atoms with Crippen LogP contribution in [0.2, 0.25) is 0 Å². The van der Waals surface area contributed by atoms with E-state index < -0.39 is 11.6 Å². The minimum atomic E-state index is -0.864. The van der Waals surface area contributed by atoms with Gasteiger partial charge in [-0.25, -0.2) is 8.78 Å². The summed E-state index contributed by atoms with van der Waals surface area (Å²) in [5.74, 6) is 7.13. The second kappa shape index (κ2) is 8.54. The van der Waals surface area contributed by atoms with Crippen molar-refractivity contribution in [2.24, 2.45) is 17.8 Å². The van der Waals surface area contributed by atoms with E-state index in [9.17, 15) is 8.78 Å². The standard InChI is InChI=1S/C27H28F2/c1-3-19-5-13-25-17-24(15-14-23(25)16-19)21-10-6-20(7-11-21)8-12-22-9-4-18(2)26(28)27(22)29/h3-4,6-7,9-11,19,23-25H,1,5,13-17H2,2H3. The van der Waals surface area contributed by atoms with Crippen molar-refractivity contribution in [3.8, 4) is 11.8 Å². The van der Waals surface area contributed by atoms with Crippen molar-refractivity contribution in [1.82, 2.24) is 0 Å². The van der Waals surface area contributed by atoms with Crippen molar-refractivity contribution in [3.05, 3.63) is 82.9 Å². The third-order valence-electron chi connectivity index (χ3n) is 6.99. The zero-order chi connectivity index (χ0) is 20.4. The molecule has 0 N–H and O–H groups in total. The molecule has 0 nitrogen and oxygen atoms in total. The van der Waals surface area contributed by atoms with Crippen molar-refractivity contribution in [3.63, 3.8) is 0 Å². The van der Waals surface area contributed by atoms with Gasteiger partial charge in [-0.15, -0.1) is 6.58 Å². The van der Waals surface area contributed by atoms with Gasteiger partial charge in [0.1, 0.15) is 0 Å². The number of fused-ring (bicyclic) bond motifs is 1. The molecule has 0 aromatic heterocycles. The average molecular weight is 391 g/mol. The molecule has 4 rings (SSSR count). The highest BCUT2D eigenvalue weighted by Gasteiger charge is 2.35. The largest absolute Gasteiger partial charge is 0.203 e. The maximum absolute atomic E-state index is 14.0. The van der Waals surface area contributed by atoms with E-state index in [0.29, 0.717) is 11.5 Å². The van der Waals surface area contributed by atoms with Crippen LogP contribution in [0.4, 0.5) is 8.78 Å². The van der Waals surface area contributed by atoms with Crippen molar-refractivity contribution in [1.29, 1.82) is 0 Å². The minimum absolute atomic E-state index is 0.102. The molecule has 29 heavy (non-hydrogen) atoms. The van der Waals surface area contributed by atoms with Gasteiger partial charge in [-0.3, -0.25) is 0 Å². The molecule has 0 radical (unpaired) electrons. The van der Waals surface area contributed by atoms with Crippen LogP contribution in [-0.4, -0.2) is 0 Å². The lowest BCUT2D eigenvalue weighted by Gasteiger charge is -2.41. The van der Waals surface area contributed by atoms with Gasteiger partial charge in [-0.05, 0) is 98.4 Å². The summed E-state index contributed by atoms with van der Waals surface area (Å²) in [6.45, 7) is 5.54. The lowest BCUT2D eigenvalue weighted by molar-refractivity contribution is 0.133. The number of hydrogen-bond donors (Lipinski definition) is 0. The molecule has 2 fully saturated rings. The van der Waals surface area contributed by atoms with Crippen LogP contribution in [0.25, 0.3) is 0 Å². The Morgan fingerprint density at radius 3 is 2.34 bits per heavy atom. The van der Waals surface area contributed by atoms with E-state index in [1.165, 1.54) is 50.2 Å². The Morgan fingerprint density at radius 1 is 0.862 bits per heavy atom. The Labute approximate surface area is 173 Å². The number of aryl methyl sites for hydroxylation is 1. The Kier molecular flexibility index (Phi) is 5.86. The normalized spacial score (nSPS) is 26.2. The Hall–Kier alpha value is -2.40. The van der Waals surface area contributed by atoms with Crippen LogP contribution in [0.15, 0.2) is 49.1 Å². The summed E-state index contributed by atoms with van der Waals surface area (Å²) in [6, 6.07) is 11.4. The number of rotatable bonds is 2. The van der Waals surface area contributed by atoms with Crippen LogP contribution in [-0.2, 0) is 0 Å². The smallest absolute Gasteiger partial charge is 0.174 e. The first kappa shape index (κ1) is 19.9. The lowest BCUT2D eigenvalue weighted by atomic mass is 9.64. The predicted molar refractivity (Wildman–Crippen MR) is 115 cm³/mol. The second-order valence-electron chi connectivity index (χ2n) is 8.77. The molecular formula is C27H28F2. The predicted octanol–water partition coefficient (Wildman–Crippen LogP) is 7.16. The SMILES string of the molecule is C=CC1CCC2CC(c3ccc(C#Cc4ccc(C)c(F)c4F)cc3)CCC2C1. The molecule has 2 aliphatic carbocycles. The van der Waals surface area contributed by atoms with Gasteiger partial charge >= 0.3 is 0 Å². The van der Waals surface area contributed by atoms with Gasteiger partial charge in [0.25, 0.3) is 0 Å². The molecule has 2 aliphatic rings. The Bertz CT molecular complexity index is 945. The number of halogens is 2. The summed E-state index contributed by atoms with van der Waals surface area (Å²) in [6.07, 6.45) is 9.96. The van der Waals surface area contributed by atoms with Gasteiger partial charge in [-0.1, -0.05) is 36.1 Å². The summed E-state index contributed by atoms with van der Waals surface area (Å²) >= 11 is 0. The fraction of sp³-hybridized carbons (Fsp3) is 0.407. The van der Waals surface area contributed by atoms with Crippen molar-refractivity contribution in [2.45, 2.75) is 51.4 Å². The van der Waals surface area contributed by atoms with Crippen molar-refractivity contribution in [2.75, 3.05) is 0 Å². The lowest BCUT2D eigenvalue weighted by Crippen LogP contribution is -2.29. The highest BCUT2D eigenvalue weighted by molar-refractivity contribution is 5.45. The molecule has 2 saturated carbocycles. The third kappa shape index (κ3) is 4.30. The molecule has 0 spiro atoms. The van der Waals surface area contributed by atoms with E-state index in [4.69, 9.17) is 0 Å². The average Bonchev–Trinajstić information content (AvgIpc) is 2.76. The summed E-state index contributed by atoms with van der Waals surface area (Å²) in [5.41, 5.74) is 2.61. The molecule has 2 aromatic rings. The molecular weight excluding hydrogens is 362 g/mol. The molecule has 0 saturated heterocycles. The molecule has 0 bridgehead atoms. The monoisotopic (exact) mass is 390 g/mol. The molecule has 0 amide bonds. The van der Waals surface area contributed by atoms with Crippen LogP contribution in [0.3, 0.4) is 0 Å². The van der Waals surface area contributed by atoms with Crippen LogP contribution in [0.1, 0.15) is 66.7 Å². The van der Waals surface area contributed by atoms with Crippen LogP contribution in [0, 0.1) is 48.2 Å². The van der Waals surface area contributed by atoms with Crippen LogP contribution in [0.5, 0.6) is 0 Å². The summed E-state index contributed by atoms with van der Waals surface area (Å²) in [4.78, 5) is 0. The molecule has 2 aromatic carbocycles. The first-order chi connectivity index (χ1) is 14.0. The van der Waals surface area contributed by atoms with Crippen molar-refractivity contribution < 1.29 is 8.78 Å². The number of benzene rings is 2. The van der Waals surface area contributed by atoms with E-state index in [-0.39, 0.29) is 5.56 Å². The zero-order valence-corrected chi connectivity index (χ0v) is 17.1. The second-order valence-corrected chi connectivity index (χ2v) is 8.77. The van der Waals surface area contributed by atoms with E-state index in [0.717, 1.165) is 23.3 Å². The molecule has 2 heteroatoms. The Balaban J connectivity index is 1.43. The highest BCUT2D eigenvalue weighted by atomic mass is 19.2. The molecule has 0 aliphatic heterocycles. The molecule has 150 valence electrons. The van der Waals surface area contributed by atoms with Gasteiger partial charge in [0.05, 0.1) is 5.56 Å². The van der Waals surface area contributed by atoms with E-state index in [2.05, 4.69) is 36.6 Å². The first-order valence-electron chi connectivity index (χ1n) is 10.7. The number of allylic oxidation sites excluding steroid dienone is 1. The topological polar surface area (TPSA) is 0 Å². The first-order valence-corrected chi connectivity index (χ1v) is 10.7. The highest BCUT2D eigenvalue weighted by Crippen LogP contribution is 2.47.